The summed E-state index contributed by atoms with van der Waals surface area (Å²) in [7, 11) is 0. The predicted octanol–water partition coefficient (Wildman–Crippen LogP) is 2.26. The van der Waals surface area contributed by atoms with Crippen molar-refractivity contribution in [2.24, 2.45) is 17.8 Å². The standard InChI is InChI=1S/C20H35N3O2/c1-15(2)5-10-21-19(24)16-6-11-22(12-7-16)18-8-13-23(14-9-18)20(25)17-3-4-17/h15-18H,3-14H2,1-2H3,(H,21,24). The van der Waals surface area contributed by atoms with E-state index >= 15 is 0 Å². The molecule has 3 aliphatic rings. The summed E-state index contributed by atoms with van der Waals surface area (Å²) in [5.41, 5.74) is 0. The Labute approximate surface area is 152 Å². The first kappa shape index (κ1) is 18.7. The van der Waals surface area contributed by atoms with E-state index in [4.69, 9.17) is 0 Å². The highest BCUT2D eigenvalue weighted by atomic mass is 16.2. The molecule has 0 unspecified atom stereocenters. The molecule has 1 saturated carbocycles. The molecule has 2 amide bonds. The smallest absolute Gasteiger partial charge is 0.225 e. The Morgan fingerprint density at radius 3 is 2.12 bits per heavy atom. The van der Waals surface area contributed by atoms with Crippen LogP contribution in [0.25, 0.3) is 0 Å². The van der Waals surface area contributed by atoms with Crippen molar-refractivity contribution in [3.05, 3.63) is 0 Å². The number of carbonyl (C=O) groups excluding carboxylic acids is 2. The van der Waals surface area contributed by atoms with Gasteiger partial charge < -0.3 is 15.1 Å². The van der Waals surface area contributed by atoms with Gasteiger partial charge in [0.25, 0.3) is 0 Å². The normalized spacial score (nSPS) is 23.9. The van der Waals surface area contributed by atoms with E-state index < -0.39 is 0 Å². The summed E-state index contributed by atoms with van der Waals surface area (Å²) >= 11 is 0. The minimum Gasteiger partial charge on any atom is -0.356 e. The summed E-state index contributed by atoms with van der Waals surface area (Å²) in [5.74, 6) is 1.83. The molecule has 25 heavy (non-hydrogen) atoms. The van der Waals surface area contributed by atoms with Crippen molar-refractivity contribution in [3.63, 3.8) is 0 Å². The number of hydrogen-bond donors (Lipinski definition) is 1. The second-order valence-electron chi connectivity index (χ2n) is 8.61. The molecule has 142 valence electrons. The maximum absolute atomic E-state index is 12.3. The Bertz CT molecular complexity index is 460. The van der Waals surface area contributed by atoms with Crippen molar-refractivity contribution < 1.29 is 9.59 Å². The largest absolute Gasteiger partial charge is 0.356 e. The van der Waals surface area contributed by atoms with Gasteiger partial charge in [-0.1, -0.05) is 13.8 Å². The Balaban J connectivity index is 1.35. The molecule has 0 atom stereocenters. The van der Waals surface area contributed by atoms with Crippen LogP contribution in [0.4, 0.5) is 0 Å². The van der Waals surface area contributed by atoms with Crippen molar-refractivity contribution in [2.45, 2.75) is 64.8 Å². The summed E-state index contributed by atoms with van der Waals surface area (Å²) in [6, 6.07) is 0.605. The van der Waals surface area contributed by atoms with Gasteiger partial charge in [0, 0.05) is 37.5 Å². The second kappa shape index (κ2) is 8.52. The lowest BCUT2D eigenvalue weighted by Gasteiger charge is -2.41. The number of rotatable bonds is 6. The van der Waals surface area contributed by atoms with Crippen LogP contribution in [-0.4, -0.2) is 60.4 Å². The Kier molecular flexibility index (Phi) is 6.37. The van der Waals surface area contributed by atoms with E-state index in [2.05, 4.69) is 29.0 Å². The van der Waals surface area contributed by atoms with E-state index in [0.717, 1.165) is 77.7 Å². The van der Waals surface area contributed by atoms with Crippen molar-refractivity contribution in [2.75, 3.05) is 32.7 Å². The fourth-order valence-corrected chi connectivity index (χ4v) is 4.20. The number of nitrogens with one attached hydrogen (secondary N) is 1. The molecule has 0 aromatic rings. The SMILES string of the molecule is CC(C)CCNC(=O)C1CCN(C2CCN(C(=O)C3CC3)CC2)CC1. The molecule has 2 heterocycles. The lowest BCUT2D eigenvalue weighted by molar-refractivity contribution is -0.134. The van der Waals surface area contributed by atoms with E-state index in [1.807, 2.05) is 0 Å². The molecule has 2 aliphatic heterocycles. The average Bonchev–Trinajstić information content (AvgIpc) is 3.46. The average molecular weight is 350 g/mol. The molecule has 0 radical (unpaired) electrons. The maximum atomic E-state index is 12.3. The van der Waals surface area contributed by atoms with E-state index in [1.165, 1.54) is 0 Å². The lowest BCUT2D eigenvalue weighted by atomic mass is 9.92. The first-order valence-corrected chi connectivity index (χ1v) is 10.3. The van der Waals surface area contributed by atoms with E-state index in [-0.39, 0.29) is 11.8 Å². The number of likely N-dealkylation sites (tertiary alicyclic amines) is 2. The van der Waals surface area contributed by atoms with Gasteiger partial charge in [0.15, 0.2) is 0 Å². The lowest BCUT2D eigenvalue weighted by Crippen LogP contribution is -2.50. The van der Waals surface area contributed by atoms with Crippen LogP contribution in [0.1, 0.15) is 58.8 Å². The van der Waals surface area contributed by atoms with Crippen molar-refractivity contribution in [1.82, 2.24) is 15.1 Å². The topological polar surface area (TPSA) is 52.7 Å². The molecule has 5 heteroatoms. The number of nitrogens with zero attached hydrogens (tertiary/aromatic N) is 2. The molecule has 0 spiro atoms. The Morgan fingerprint density at radius 1 is 0.920 bits per heavy atom. The van der Waals surface area contributed by atoms with Gasteiger partial charge in [-0.25, -0.2) is 0 Å². The summed E-state index contributed by atoms with van der Waals surface area (Å²) in [6.45, 7) is 9.10. The number of carbonyl (C=O) groups is 2. The first-order chi connectivity index (χ1) is 12.0. The molecule has 0 bridgehead atoms. The van der Waals surface area contributed by atoms with Gasteiger partial charge in [0.05, 0.1) is 0 Å². The van der Waals surface area contributed by atoms with Gasteiger partial charge >= 0.3 is 0 Å². The van der Waals surface area contributed by atoms with Crippen LogP contribution in [0.2, 0.25) is 0 Å². The highest BCUT2D eigenvalue weighted by Gasteiger charge is 2.36. The number of amides is 2. The quantitative estimate of drug-likeness (QED) is 0.800. The number of hydrogen-bond acceptors (Lipinski definition) is 3. The fraction of sp³-hybridized carbons (Fsp3) is 0.900. The second-order valence-corrected chi connectivity index (χ2v) is 8.61. The Morgan fingerprint density at radius 2 is 1.56 bits per heavy atom. The molecule has 1 aliphatic carbocycles. The monoisotopic (exact) mass is 349 g/mol. The minimum absolute atomic E-state index is 0.194. The van der Waals surface area contributed by atoms with E-state index in [0.29, 0.717) is 23.8 Å². The van der Waals surface area contributed by atoms with Crippen molar-refractivity contribution in [1.29, 1.82) is 0 Å². The van der Waals surface area contributed by atoms with Crippen molar-refractivity contribution in [3.8, 4) is 0 Å². The summed E-state index contributed by atoms with van der Waals surface area (Å²) < 4.78 is 0. The molecule has 5 nitrogen and oxygen atoms in total. The molecular formula is C20H35N3O2. The van der Waals surface area contributed by atoms with Gasteiger partial charge in [0.2, 0.25) is 11.8 Å². The van der Waals surface area contributed by atoms with Crippen LogP contribution < -0.4 is 5.32 Å². The molecule has 3 fully saturated rings. The molecule has 0 aromatic carbocycles. The van der Waals surface area contributed by atoms with Gasteiger partial charge in [-0.05, 0) is 64.0 Å². The zero-order chi connectivity index (χ0) is 17.8. The fourth-order valence-electron chi connectivity index (χ4n) is 4.20. The zero-order valence-electron chi connectivity index (χ0n) is 16.0. The summed E-state index contributed by atoms with van der Waals surface area (Å²) in [5, 5.41) is 3.11. The van der Waals surface area contributed by atoms with Crippen LogP contribution >= 0.6 is 0 Å². The highest BCUT2D eigenvalue weighted by molar-refractivity contribution is 5.81. The number of piperidine rings is 2. The molecule has 3 rings (SSSR count). The van der Waals surface area contributed by atoms with Crippen molar-refractivity contribution >= 4 is 11.8 Å². The first-order valence-electron chi connectivity index (χ1n) is 10.3. The van der Waals surface area contributed by atoms with E-state index in [9.17, 15) is 9.59 Å². The summed E-state index contributed by atoms with van der Waals surface area (Å²) in [4.78, 5) is 29.1. The summed E-state index contributed by atoms with van der Waals surface area (Å²) in [6.07, 6.45) is 7.43. The third-order valence-corrected chi connectivity index (χ3v) is 6.14. The third-order valence-electron chi connectivity index (χ3n) is 6.14. The van der Waals surface area contributed by atoms with Crippen LogP contribution in [0.3, 0.4) is 0 Å². The molecule has 1 N–H and O–H groups in total. The van der Waals surface area contributed by atoms with Gasteiger partial charge in [-0.3, -0.25) is 9.59 Å². The van der Waals surface area contributed by atoms with Gasteiger partial charge in [-0.15, -0.1) is 0 Å². The highest BCUT2D eigenvalue weighted by Crippen LogP contribution is 2.32. The minimum atomic E-state index is 0.194. The Hall–Kier alpha value is -1.10. The van der Waals surface area contributed by atoms with Crippen LogP contribution in [0.15, 0.2) is 0 Å². The van der Waals surface area contributed by atoms with Gasteiger partial charge in [-0.2, -0.15) is 0 Å². The molecule has 0 aromatic heterocycles. The third kappa shape index (κ3) is 5.19. The van der Waals surface area contributed by atoms with Crippen LogP contribution in [-0.2, 0) is 9.59 Å². The molecular weight excluding hydrogens is 314 g/mol. The van der Waals surface area contributed by atoms with Crippen LogP contribution in [0, 0.1) is 17.8 Å². The predicted molar refractivity (Wildman–Crippen MR) is 99.1 cm³/mol. The zero-order valence-corrected chi connectivity index (χ0v) is 16.0. The molecule has 2 saturated heterocycles. The van der Waals surface area contributed by atoms with Gasteiger partial charge in [0.1, 0.15) is 0 Å². The van der Waals surface area contributed by atoms with Crippen LogP contribution in [0.5, 0.6) is 0 Å². The maximum Gasteiger partial charge on any atom is 0.225 e. The van der Waals surface area contributed by atoms with E-state index in [1.54, 1.807) is 0 Å².